The highest BCUT2D eigenvalue weighted by atomic mass is 19.1. The molecule has 6 nitrogen and oxygen atoms in total. The fourth-order valence-corrected chi connectivity index (χ4v) is 3.07. The molecule has 1 heterocycles. The van der Waals surface area contributed by atoms with Crippen LogP contribution in [-0.2, 0) is 16.1 Å². The number of methoxy groups -OCH3 is 1. The first kappa shape index (κ1) is 16.7. The maximum Gasteiger partial charge on any atom is 0.335 e. The molecule has 24 heavy (non-hydrogen) atoms. The molecule has 0 bridgehead atoms. The Morgan fingerprint density at radius 1 is 1.46 bits per heavy atom. The number of carbonyl (C=O) groups is 2. The van der Waals surface area contributed by atoms with Crippen molar-refractivity contribution >= 4 is 11.9 Å². The molecule has 1 atom stereocenters. The van der Waals surface area contributed by atoms with Crippen LogP contribution in [0.25, 0.3) is 0 Å². The van der Waals surface area contributed by atoms with Crippen molar-refractivity contribution in [3.63, 3.8) is 0 Å². The van der Waals surface area contributed by atoms with Crippen LogP contribution in [0.4, 0.5) is 4.39 Å². The summed E-state index contributed by atoms with van der Waals surface area (Å²) in [6.45, 7) is 2.43. The second kappa shape index (κ2) is 6.05. The lowest BCUT2D eigenvalue weighted by molar-refractivity contribution is -0.142. The third kappa shape index (κ3) is 2.84. The molecule has 130 valence electrons. The minimum absolute atomic E-state index is 0.0602. The Kier molecular flexibility index (Phi) is 4.21. The first-order valence-electron chi connectivity index (χ1n) is 7.86. The number of hydrogen-bond donors (Lipinski definition) is 1. The van der Waals surface area contributed by atoms with Gasteiger partial charge in [0.1, 0.15) is 18.2 Å². The molecule has 0 saturated heterocycles. The van der Waals surface area contributed by atoms with Crippen molar-refractivity contribution in [2.75, 3.05) is 20.3 Å². The topological polar surface area (TPSA) is 76.1 Å². The first-order chi connectivity index (χ1) is 11.4. The van der Waals surface area contributed by atoms with E-state index in [9.17, 15) is 14.0 Å². The van der Waals surface area contributed by atoms with Crippen molar-refractivity contribution in [2.24, 2.45) is 5.41 Å². The van der Waals surface area contributed by atoms with Gasteiger partial charge in [-0.05, 0) is 31.9 Å². The zero-order chi connectivity index (χ0) is 17.5. The first-order valence-corrected chi connectivity index (χ1v) is 7.86. The van der Waals surface area contributed by atoms with Crippen molar-refractivity contribution in [1.82, 2.24) is 4.90 Å². The highest BCUT2D eigenvalue weighted by molar-refractivity contribution is 5.88. The number of rotatable bonds is 4. The van der Waals surface area contributed by atoms with Crippen LogP contribution in [-0.4, -0.2) is 48.2 Å². The number of aromatic carboxylic acids is 1. The van der Waals surface area contributed by atoms with Crippen LogP contribution in [0.3, 0.4) is 0 Å². The lowest BCUT2D eigenvalue weighted by Crippen LogP contribution is -2.45. The van der Waals surface area contributed by atoms with Crippen molar-refractivity contribution in [3.05, 3.63) is 29.1 Å². The zero-order valence-corrected chi connectivity index (χ0v) is 13.7. The molecule has 1 aliphatic carbocycles. The van der Waals surface area contributed by atoms with Crippen LogP contribution in [0.15, 0.2) is 12.1 Å². The summed E-state index contributed by atoms with van der Waals surface area (Å²) in [5, 5.41) is 9.05. The summed E-state index contributed by atoms with van der Waals surface area (Å²) in [7, 11) is 1.56. The number of ether oxygens (including phenoxy) is 2. The van der Waals surface area contributed by atoms with Crippen molar-refractivity contribution in [2.45, 2.75) is 32.4 Å². The largest absolute Gasteiger partial charge is 0.491 e. The van der Waals surface area contributed by atoms with Crippen LogP contribution >= 0.6 is 0 Å². The van der Waals surface area contributed by atoms with Gasteiger partial charge >= 0.3 is 5.97 Å². The number of halogens is 1. The molecule has 3 rings (SSSR count). The number of nitrogens with zero attached hydrogens (tertiary/aromatic N) is 1. The van der Waals surface area contributed by atoms with Crippen molar-refractivity contribution in [3.8, 4) is 5.75 Å². The minimum Gasteiger partial charge on any atom is -0.491 e. The van der Waals surface area contributed by atoms with Crippen molar-refractivity contribution < 1.29 is 28.6 Å². The normalized spacial score (nSPS) is 21.5. The molecule has 1 saturated carbocycles. The van der Waals surface area contributed by atoms with Crippen LogP contribution in [0.2, 0.25) is 0 Å². The van der Waals surface area contributed by atoms with E-state index < -0.39 is 17.2 Å². The lowest BCUT2D eigenvalue weighted by Gasteiger charge is -2.30. The summed E-state index contributed by atoms with van der Waals surface area (Å²) in [6, 6.07) is 2.03. The molecule has 0 radical (unpaired) electrons. The Labute approximate surface area is 139 Å². The Morgan fingerprint density at radius 2 is 2.17 bits per heavy atom. The number of hydrogen-bond acceptors (Lipinski definition) is 4. The standard InChI is InChI=1S/C17H20FNO5/c1-10-8-24-14-6-11(15(20)21)5-13(18)12(14)7-19(10)16(22)17(3-4-17)9-23-2/h5-6,10H,3-4,7-9H2,1-2H3,(H,20,21)/t10-/m0/s1. The average Bonchev–Trinajstić information content (AvgIpc) is 3.32. The van der Waals surface area contributed by atoms with E-state index in [0.29, 0.717) is 6.61 Å². The fraction of sp³-hybridized carbons (Fsp3) is 0.529. The van der Waals surface area contributed by atoms with Crippen molar-refractivity contribution in [1.29, 1.82) is 0 Å². The molecule has 0 spiro atoms. The van der Waals surface area contributed by atoms with Gasteiger partial charge in [0.05, 0.1) is 30.2 Å². The summed E-state index contributed by atoms with van der Waals surface area (Å²) in [5.74, 6) is -1.77. The predicted octanol–water partition coefficient (Wildman–Crippen LogP) is 2.06. The molecule has 1 fully saturated rings. The van der Waals surface area contributed by atoms with E-state index in [0.717, 1.165) is 18.9 Å². The summed E-state index contributed by atoms with van der Waals surface area (Å²) in [5.41, 5.74) is -0.465. The predicted molar refractivity (Wildman–Crippen MR) is 82.4 cm³/mol. The Morgan fingerprint density at radius 3 is 2.75 bits per heavy atom. The molecule has 7 heteroatoms. The maximum absolute atomic E-state index is 14.4. The van der Waals surface area contributed by atoms with Gasteiger partial charge in [-0.2, -0.15) is 0 Å². The summed E-state index contributed by atoms with van der Waals surface area (Å²) in [6.07, 6.45) is 1.52. The molecular formula is C17H20FNO5. The van der Waals surface area contributed by atoms with Gasteiger partial charge in [-0.3, -0.25) is 4.79 Å². The molecule has 1 aromatic carbocycles. The Balaban J connectivity index is 1.92. The van der Waals surface area contributed by atoms with Gasteiger partial charge in [0.2, 0.25) is 5.91 Å². The molecule has 1 aliphatic heterocycles. The average molecular weight is 337 g/mol. The van der Waals surface area contributed by atoms with Crippen LogP contribution in [0.1, 0.15) is 35.7 Å². The minimum atomic E-state index is -1.22. The lowest BCUT2D eigenvalue weighted by atomic mass is 10.0. The third-order valence-corrected chi connectivity index (χ3v) is 4.73. The van der Waals surface area contributed by atoms with E-state index in [2.05, 4.69) is 0 Å². The highest BCUT2D eigenvalue weighted by Crippen LogP contribution is 2.48. The molecule has 0 aromatic heterocycles. The smallest absolute Gasteiger partial charge is 0.335 e. The van der Waals surface area contributed by atoms with Gasteiger partial charge < -0.3 is 19.5 Å². The quantitative estimate of drug-likeness (QED) is 0.910. The molecule has 1 N–H and O–H groups in total. The van der Waals surface area contributed by atoms with E-state index in [4.69, 9.17) is 14.6 Å². The number of amides is 1. The summed E-state index contributed by atoms with van der Waals surface area (Å²) in [4.78, 5) is 25.6. The van der Waals surface area contributed by atoms with Gasteiger partial charge in [-0.25, -0.2) is 9.18 Å². The monoisotopic (exact) mass is 337 g/mol. The van der Waals surface area contributed by atoms with Crippen LogP contribution < -0.4 is 4.74 Å². The number of benzene rings is 1. The van der Waals surface area contributed by atoms with Crippen LogP contribution in [0.5, 0.6) is 5.75 Å². The second-order valence-electron chi connectivity index (χ2n) is 6.55. The van der Waals surface area contributed by atoms with Crippen LogP contribution in [0, 0.1) is 11.2 Å². The van der Waals surface area contributed by atoms with E-state index in [1.807, 2.05) is 6.92 Å². The zero-order valence-electron chi connectivity index (χ0n) is 13.7. The number of carboxylic acid groups (broad SMARTS) is 1. The van der Waals surface area contributed by atoms with Gasteiger partial charge in [-0.15, -0.1) is 0 Å². The molecule has 1 amide bonds. The van der Waals surface area contributed by atoms with Gasteiger partial charge in [-0.1, -0.05) is 0 Å². The molecule has 0 unspecified atom stereocenters. The second-order valence-corrected chi connectivity index (χ2v) is 6.55. The summed E-state index contributed by atoms with van der Waals surface area (Å²) < 4.78 is 25.1. The van der Waals surface area contributed by atoms with E-state index in [-0.39, 0.29) is 42.0 Å². The highest BCUT2D eigenvalue weighted by Gasteiger charge is 2.52. The van der Waals surface area contributed by atoms with E-state index in [1.54, 1.807) is 12.0 Å². The molecule has 1 aromatic rings. The Bertz CT molecular complexity index is 686. The number of carboxylic acids is 1. The van der Waals surface area contributed by atoms with Gasteiger partial charge in [0, 0.05) is 12.7 Å². The Hall–Kier alpha value is -2.15. The number of carbonyl (C=O) groups excluding carboxylic acids is 1. The third-order valence-electron chi connectivity index (χ3n) is 4.73. The van der Waals surface area contributed by atoms with Gasteiger partial charge in [0.15, 0.2) is 0 Å². The van der Waals surface area contributed by atoms with Gasteiger partial charge in [0.25, 0.3) is 0 Å². The number of fused-ring (bicyclic) bond motifs is 1. The summed E-state index contributed by atoms with van der Waals surface area (Å²) >= 11 is 0. The molecule has 2 aliphatic rings. The SMILES string of the molecule is COCC1(C(=O)N2Cc3c(F)cc(C(=O)O)cc3OC[C@@H]2C)CC1. The van der Waals surface area contributed by atoms with E-state index in [1.165, 1.54) is 6.07 Å². The molecular weight excluding hydrogens is 317 g/mol. The maximum atomic E-state index is 14.4. The fourth-order valence-electron chi connectivity index (χ4n) is 3.07. The van der Waals surface area contributed by atoms with E-state index >= 15 is 0 Å².